The molecule has 3 aromatic rings. The van der Waals surface area contributed by atoms with Crippen molar-refractivity contribution in [3.05, 3.63) is 88.1 Å². The number of ether oxygens (including phenoxy) is 3. The summed E-state index contributed by atoms with van der Waals surface area (Å²) >= 11 is 0. The second-order valence-electron chi connectivity index (χ2n) is 7.42. The largest absolute Gasteiger partial charge is 0.459 e. The van der Waals surface area contributed by atoms with E-state index in [1.165, 1.54) is 4.57 Å². The normalized spacial score (nSPS) is 19.7. The van der Waals surface area contributed by atoms with Gasteiger partial charge in [0.1, 0.15) is 30.9 Å². The number of nitrogens with two attached hydrogens (primary N) is 1. The summed E-state index contributed by atoms with van der Waals surface area (Å²) in [5.41, 5.74) is 5.65. The van der Waals surface area contributed by atoms with Crippen molar-refractivity contribution in [2.75, 3.05) is 12.3 Å². The number of hydrogen-bond acceptors (Lipinski definition) is 9. The number of aryl methyl sites for hydroxylation is 1. The van der Waals surface area contributed by atoms with Gasteiger partial charge in [-0.1, -0.05) is 36.4 Å². The Kier molecular flexibility index (Phi) is 6.45. The smallest absolute Gasteiger partial charge is 0.354 e. The molecule has 2 aromatic carbocycles. The average Bonchev–Trinajstić information content (AvgIpc) is 3.19. The Labute approximate surface area is 188 Å². The number of esters is 2. The van der Waals surface area contributed by atoms with Gasteiger partial charge in [-0.25, -0.2) is 14.4 Å². The Balaban J connectivity index is 1.54. The first kappa shape index (κ1) is 22.2. The van der Waals surface area contributed by atoms with E-state index in [2.05, 4.69) is 9.97 Å². The summed E-state index contributed by atoms with van der Waals surface area (Å²) in [7, 11) is 0. The molecule has 3 atom stereocenters. The summed E-state index contributed by atoms with van der Waals surface area (Å²) in [5, 5.41) is 0. The molecule has 1 fully saturated rings. The standard InChI is InChI=1S/C23H22N4O6/c1-14-25-22(24)26-23(30)27(14)19-12-17(33-21(29)16-10-6-3-7-11-16)18(32-19)13-31-20(28)15-8-4-2-5-9-15/h2-11,17-19H,12-13H2,1H3,(H2,24,26,30). The van der Waals surface area contributed by atoms with E-state index < -0.39 is 36.1 Å². The lowest BCUT2D eigenvalue weighted by atomic mass is 10.1. The molecule has 0 spiro atoms. The summed E-state index contributed by atoms with van der Waals surface area (Å²) in [4.78, 5) is 45.1. The Morgan fingerprint density at radius 1 is 1.03 bits per heavy atom. The molecule has 1 aliphatic heterocycles. The quantitative estimate of drug-likeness (QED) is 0.558. The molecule has 0 amide bonds. The van der Waals surface area contributed by atoms with Crippen molar-refractivity contribution in [1.82, 2.24) is 14.5 Å². The van der Waals surface area contributed by atoms with Crippen LogP contribution in [0.1, 0.15) is 39.2 Å². The van der Waals surface area contributed by atoms with E-state index in [1.807, 2.05) is 0 Å². The van der Waals surface area contributed by atoms with Crippen LogP contribution in [0.15, 0.2) is 65.5 Å². The molecule has 33 heavy (non-hydrogen) atoms. The molecule has 3 unspecified atom stereocenters. The van der Waals surface area contributed by atoms with E-state index in [9.17, 15) is 14.4 Å². The lowest BCUT2D eigenvalue weighted by Gasteiger charge is -2.19. The number of benzene rings is 2. The highest BCUT2D eigenvalue weighted by molar-refractivity contribution is 5.90. The van der Waals surface area contributed by atoms with Crippen LogP contribution in [-0.4, -0.2) is 45.3 Å². The van der Waals surface area contributed by atoms with Crippen molar-refractivity contribution < 1.29 is 23.8 Å². The molecule has 1 aromatic heterocycles. The number of anilines is 1. The lowest BCUT2D eigenvalue weighted by Crippen LogP contribution is -2.32. The number of aromatic nitrogens is 3. The van der Waals surface area contributed by atoms with Gasteiger partial charge in [0, 0.05) is 6.42 Å². The molecule has 170 valence electrons. The molecule has 0 bridgehead atoms. The SMILES string of the molecule is Cc1nc(N)nc(=O)n1C1CC(OC(=O)c2ccccc2)C(COC(=O)c2ccccc2)O1. The first-order valence-electron chi connectivity index (χ1n) is 10.3. The maximum absolute atomic E-state index is 12.6. The van der Waals surface area contributed by atoms with Crippen LogP contribution in [0.5, 0.6) is 0 Å². The highest BCUT2D eigenvalue weighted by atomic mass is 16.6. The van der Waals surface area contributed by atoms with Gasteiger partial charge in [-0.15, -0.1) is 0 Å². The summed E-state index contributed by atoms with van der Waals surface area (Å²) in [6, 6.07) is 17.0. The Hall–Kier alpha value is -4.05. The van der Waals surface area contributed by atoms with Crippen molar-refractivity contribution in [3.63, 3.8) is 0 Å². The van der Waals surface area contributed by atoms with Crippen molar-refractivity contribution in [2.24, 2.45) is 0 Å². The van der Waals surface area contributed by atoms with Crippen LogP contribution in [0.3, 0.4) is 0 Å². The van der Waals surface area contributed by atoms with Gasteiger partial charge in [0.05, 0.1) is 11.1 Å². The summed E-state index contributed by atoms with van der Waals surface area (Å²) < 4.78 is 18.3. The van der Waals surface area contributed by atoms with Gasteiger partial charge in [0.2, 0.25) is 5.95 Å². The monoisotopic (exact) mass is 450 g/mol. The molecule has 2 N–H and O–H groups in total. The second kappa shape index (κ2) is 9.61. The van der Waals surface area contributed by atoms with E-state index in [0.717, 1.165) is 0 Å². The highest BCUT2D eigenvalue weighted by Gasteiger charge is 2.41. The number of carbonyl (C=O) groups is 2. The Bertz CT molecular complexity index is 1200. The van der Waals surface area contributed by atoms with Gasteiger partial charge in [0.25, 0.3) is 0 Å². The molecular formula is C23H22N4O6. The van der Waals surface area contributed by atoms with E-state index in [-0.39, 0.29) is 19.0 Å². The minimum atomic E-state index is -0.827. The first-order valence-corrected chi connectivity index (χ1v) is 10.3. The van der Waals surface area contributed by atoms with E-state index in [0.29, 0.717) is 17.0 Å². The average molecular weight is 450 g/mol. The van der Waals surface area contributed by atoms with Crippen LogP contribution in [0, 0.1) is 6.92 Å². The number of rotatable bonds is 6. The molecule has 10 nitrogen and oxygen atoms in total. The highest BCUT2D eigenvalue weighted by Crippen LogP contribution is 2.31. The maximum atomic E-state index is 12.6. The van der Waals surface area contributed by atoms with Crippen LogP contribution < -0.4 is 11.4 Å². The minimum Gasteiger partial charge on any atom is -0.459 e. The van der Waals surface area contributed by atoms with Gasteiger partial charge < -0.3 is 19.9 Å². The van der Waals surface area contributed by atoms with Gasteiger partial charge in [0.15, 0.2) is 0 Å². The molecule has 2 heterocycles. The maximum Gasteiger partial charge on any atom is 0.354 e. The lowest BCUT2D eigenvalue weighted by molar-refractivity contribution is -0.0589. The second-order valence-corrected chi connectivity index (χ2v) is 7.42. The molecular weight excluding hydrogens is 428 g/mol. The fourth-order valence-electron chi connectivity index (χ4n) is 3.59. The van der Waals surface area contributed by atoms with E-state index in [4.69, 9.17) is 19.9 Å². The van der Waals surface area contributed by atoms with Crippen LogP contribution in [0.4, 0.5) is 5.95 Å². The fraction of sp³-hybridized carbons (Fsp3) is 0.261. The van der Waals surface area contributed by atoms with Crippen molar-refractivity contribution in [2.45, 2.75) is 31.8 Å². The predicted molar refractivity (Wildman–Crippen MR) is 116 cm³/mol. The fourth-order valence-corrected chi connectivity index (χ4v) is 3.59. The predicted octanol–water partition coefficient (Wildman–Crippen LogP) is 1.90. The Morgan fingerprint density at radius 2 is 1.64 bits per heavy atom. The van der Waals surface area contributed by atoms with Gasteiger partial charge in [-0.3, -0.25) is 4.57 Å². The topological polar surface area (TPSA) is 136 Å². The summed E-state index contributed by atoms with van der Waals surface area (Å²) in [6.07, 6.45) is -2.28. The van der Waals surface area contributed by atoms with Gasteiger partial charge in [-0.2, -0.15) is 9.97 Å². The number of nitrogens with zero attached hydrogens (tertiary/aromatic N) is 3. The van der Waals surface area contributed by atoms with Crippen LogP contribution in [0.2, 0.25) is 0 Å². The first-order chi connectivity index (χ1) is 15.9. The molecule has 10 heteroatoms. The van der Waals surface area contributed by atoms with Crippen LogP contribution in [0.25, 0.3) is 0 Å². The zero-order chi connectivity index (χ0) is 23.4. The number of nitrogen functional groups attached to an aromatic ring is 1. The van der Waals surface area contributed by atoms with Crippen molar-refractivity contribution in [1.29, 1.82) is 0 Å². The van der Waals surface area contributed by atoms with Crippen molar-refractivity contribution in [3.8, 4) is 0 Å². The van der Waals surface area contributed by atoms with E-state index >= 15 is 0 Å². The van der Waals surface area contributed by atoms with Crippen molar-refractivity contribution >= 4 is 17.9 Å². The van der Waals surface area contributed by atoms with E-state index in [1.54, 1.807) is 67.6 Å². The summed E-state index contributed by atoms with van der Waals surface area (Å²) in [6.45, 7) is 1.41. The third-order valence-electron chi connectivity index (χ3n) is 5.17. The molecule has 0 aliphatic carbocycles. The van der Waals surface area contributed by atoms with Gasteiger partial charge >= 0.3 is 17.6 Å². The minimum absolute atomic E-state index is 0.139. The zero-order valence-corrected chi connectivity index (χ0v) is 17.8. The zero-order valence-electron chi connectivity index (χ0n) is 17.8. The van der Waals surface area contributed by atoms with Gasteiger partial charge in [-0.05, 0) is 31.2 Å². The molecule has 4 rings (SSSR count). The third-order valence-corrected chi connectivity index (χ3v) is 5.17. The van der Waals surface area contributed by atoms with Crippen LogP contribution >= 0.6 is 0 Å². The molecule has 0 saturated carbocycles. The van der Waals surface area contributed by atoms with Crippen LogP contribution in [-0.2, 0) is 14.2 Å². The molecule has 1 aliphatic rings. The molecule has 0 radical (unpaired) electrons. The third kappa shape index (κ3) is 5.07. The number of carbonyl (C=O) groups excluding carboxylic acids is 2. The summed E-state index contributed by atoms with van der Waals surface area (Å²) in [5.74, 6) is -0.943. The molecule has 1 saturated heterocycles. The Morgan fingerprint density at radius 3 is 2.24 bits per heavy atom. The number of hydrogen-bond donors (Lipinski definition) is 1.